The summed E-state index contributed by atoms with van der Waals surface area (Å²) in [4.78, 5) is 45.7. The molecule has 3 aromatic rings. The van der Waals surface area contributed by atoms with Gasteiger partial charge in [-0.2, -0.15) is 5.26 Å². The van der Waals surface area contributed by atoms with Crippen molar-refractivity contribution in [2.24, 2.45) is 0 Å². The van der Waals surface area contributed by atoms with Crippen LogP contribution in [0, 0.1) is 11.3 Å². The van der Waals surface area contributed by atoms with Gasteiger partial charge in [-0.05, 0) is 67.4 Å². The fraction of sp³-hybridized carbons (Fsp3) is 0.333. The van der Waals surface area contributed by atoms with E-state index in [9.17, 15) is 14.4 Å². The summed E-state index contributed by atoms with van der Waals surface area (Å²) in [7, 11) is 0. The normalized spacial score (nSPS) is 15.7. The Morgan fingerprint density at radius 1 is 0.786 bits per heavy atom. The van der Waals surface area contributed by atoms with Gasteiger partial charge in [-0.15, -0.1) is 0 Å². The first-order valence-electron chi connectivity index (χ1n) is 14.5. The molecular weight excluding hydrogens is 528 g/mol. The third kappa shape index (κ3) is 7.14. The first-order valence-corrected chi connectivity index (χ1v) is 14.5. The molecule has 0 saturated carbocycles. The molecule has 5 rings (SSSR count). The minimum absolute atomic E-state index is 0.0623. The molecule has 216 valence electrons. The van der Waals surface area contributed by atoms with Gasteiger partial charge in [0, 0.05) is 56.9 Å². The topological polar surface area (TPSA) is 109 Å². The molecular formula is C33H36N6O3. The number of nitrogens with one attached hydrogen (secondary N) is 2. The molecule has 0 bridgehead atoms. The zero-order valence-electron chi connectivity index (χ0n) is 23.7. The van der Waals surface area contributed by atoms with Crippen molar-refractivity contribution in [2.75, 3.05) is 62.6 Å². The van der Waals surface area contributed by atoms with E-state index < -0.39 is 0 Å². The number of hydrogen-bond acceptors (Lipinski definition) is 6. The molecule has 2 aliphatic rings. The Bertz CT molecular complexity index is 1440. The molecule has 2 saturated heterocycles. The molecule has 0 radical (unpaired) electrons. The lowest BCUT2D eigenvalue weighted by Crippen LogP contribution is -2.36. The summed E-state index contributed by atoms with van der Waals surface area (Å²) >= 11 is 0. The maximum absolute atomic E-state index is 13.4. The van der Waals surface area contributed by atoms with Crippen LogP contribution in [-0.4, -0.2) is 79.9 Å². The molecule has 9 nitrogen and oxygen atoms in total. The highest BCUT2D eigenvalue weighted by atomic mass is 16.2. The van der Waals surface area contributed by atoms with Crippen molar-refractivity contribution >= 4 is 29.1 Å². The van der Waals surface area contributed by atoms with E-state index in [4.69, 9.17) is 5.26 Å². The van der Waals surface area contributed by atoms with Crippen molar-refractivity contribution in [3.63, 3.8) is 0 Å². The zero-order valence-corrected chi connectivity index (χ0v) is 23.7. The number of amides is 3. The van der Waals surface area contributed by atoms with Crippen LogP contribution in [0.4, 0.5) is 11.4 Å². The number of anilines is 2. The molecule has 2 fully saturated rings. The lowest BCUT2D eigenvalue weighted by Gasteiger charge is -2.27. The molecule has 42 heavy (non-hydrogen) atoms. The fourth-order valence-electron chi connectivity index (χ4n) is 5.46. The van der Waals surface area contributed by atoms with Gasteiger partial charge in [0.15, 0.2) is 0 Å². The summed E-state index contributed by atoms with van der Waals surface area (Å²) in [6, 6.07) is 23.8. The Labute approximate surface area is 246 Å². The van der Waals surface area contributed by atoms with Crippen LogP contribution in [-0.2, 0) is 11.2 Å². The van der Waals surface area contributed by atoms with Gasteiger partial charge in [0.25, 0.3) is 11.8 Å². The van der Waals surface area contributed by atoms with Crippen molar-refractivity contribution in [1.29, 1.82) is 5.26 Å². The number of carbonyl (C=O) groups is 3. The number of rotatable bonds is 6. The Hall–Kier alpha value is -4.68. The quantitative estimate of drug-likeness (QED) is 0.474. The standard InChI is InChI=1S/C33H36N6O3/c34-24-26-8-10-27(11-9-26)32(41)36-29-23-28(33(42)39-16-4-14-35-15-19-39)12-13-30(29)37-17-5-18-38(21-20-37)31(40)22-25-6-2-1-3-7-25/h1-3,6-13,23,35H,4-5,14-22H2,(H,36,41). The van der Waals surface area contributed by atoms with Gasteiger partial charge in [0.2, 0.25) is 5.91 Å². The lowest BCUT2D eigenvalue weighted by atomic mass is 10.1. The van der Waals surface area contributed by atoms with Gasteiger partial charge in [-0.25, -0.2) is 0 Å². The number of nitrogens with zero attached hydrogens (tertiary/aromatic N) is 4. The van der Waals surface area contributed by atoms with Crippen LogP contribution in [0.25, 0.3) is 0 Å². The first-order chi connectivity index (χ1) is 20.5. The SMILES string of the molecule is N#Cc1ccc(C(=O)Nc2cc(C(=O)N3CCCNCC3)ccc2N2CCCN(C(=O)Cc3ccccc3)CC2)cc1. The molecule has 3 aromatic carbocycles. The van der Waals surface area contributed by atoms with Crippen molar-refractivity contribution in [3.05, 3.63) is 95.1 Å². The third-order valence-electron chi connectivity index (χ3n) is 7.78. The minimum atomic E-state index is -0.321. The molecule has 2 N–H and O–H groups in total. The lowest BCUT2D eigenvalue weighted by molar-refractivity contribution is -0.130. The number of nitriles is 1. The van der Waals surface area contributed by atoms with Gasteiger partial charge in [-0.1, -0.05) is 30.3 Å². The van der Waals surface area contributed by atoms with E-state index in [0.717, 1.165) is 37.2 Å². The van der Waals surface area contributed by atoms with Crippen LogP contribution >= 0.6 is 0 Å². The first kappa shape index (κ1) is 28.8. The van der Waals surface area contributed by atoms with Gasteiger partial charge in [-0.3, -0.25) is 14.4 Å². The van der Waals surface area contributed by atoms with Crippen molar-refractivity contribution in [2.45, 2.75) is 19.3 Å². The van der Waals surface area contributed by atoms with Gasteiger partial charge in [0.05, 0.1) is 29.4 Å². The monoisotopic (exact) mass is 564 g/mol. The molecule has 0 aromatic heterocycles. The minimum Gasteiger partial charge on any atom is -0.368 e. The molecule has 0 aliphatic carbocycles. The van der Waals surface area contributed by atoms with Crippen LogP contribution in [0.2, 0.25) is 0 Å². The van der Waals surface area contributed by atoms with Crippen molar-refractivity contribution in [3.8, 4) is 6.07 Å². The van der Waals surface area contributed by atoms with Gasteiger partial charge < -0.3 is 25.3 Å². The van der Waals surface area contributed by atoms with Gasteiger partial charge in [0.1, 0.15) is 0 Å². The zero-order chi connectivity index (χ0) is 29.3. The predicted octanol–water partition coefficient (Wildman–Crippen LogP) is 3.53. The van der Waals surface area contributed by atoms with Crippen LogP contribution < -0.4 is 15.5 Å². The predicted molar refractivity (Wildman–Crippen MR) is 162 cm³/mol. The van der Waals surface area contributed by atoms with Gasteiger partial charge >= 0.3 is 0 Å². The van der Waals surface area contributed by atoms with Crippen LogP contribution in [0.5, 0.6) is 0 Å². The maximum atomic E-state index is 13.4. The molecule has 0 spiro atoms. The average Bonchev–Trinajstić information content (AvgIpc) is 3.45. The third-order valence-corrected chi connectivity index (χ3v) is 7.78. The summed E-state index contributed by atoms with van der Waals surface area (Å²) in [5.74, 6) is -0.281. The molecule has 3 amide bonds. The Balaban J connectivity index is 1.37. The second-order valence-electron chi connectivity index (χ2n) is 10.7. The summed E-state index contributed by atoms with van der Waals surface area (Å²) in [6.45, 7) is 5.48. The van der Waals surface area contributed by atoms with E-state index in [-0.39, 0.29) is 17.7 Å². The summed E-state index contributed by atoms with van der Waals surface area (Å²) in [5, 5.41) is 15.5. The smallest absolute Gasteiger partial charge is 0.255 e. The molecule has 2 aliphatic heterocycles. The van der Waals surface area contributed by atoms with E-state index in [0.29, 0.717) is 68.1 Å². The number of benzene rings is 3. The van der Waals surface area contributed by atoms with Crippen molar-refractivity contribution in [1.82, 2.24) is 15.1 Å². The Morgan fingerprint density at radius 3 is 2.33 bits per heavy atom. The van der Waals surface area contributed by atoms with E-state index in [1.165, 1.54) is 0 Å². The molecule has 0 unspecified atom stereocenters. The fourth-order valence-corrected chi connectivity index (χ4v) is 5.46. The van der Waals surface area contributed by atoms with E-state index >= 15 is 0 Å². The van der Waals surface area contributed by atoms with Crippen molar-refractivity contribution < 1.29 is 14.4 Å². The Morgan fingerprint density at radius 2 is 1.55 bits per heavy atom. The summed E-state index contributed by atoms with van der Waals surface area (Å²) < 4.78 is 0. The molecule has 2 heterocycles. The highest BCUT2D eigenvalue weighted by Crippen LogP contribution is 2.30. The second-order valence-corrected chi connectivity index (χ2v) is 10.7. The Kier molecular flexibility index (Phi) is 9.47. The maximum Gasteiger partial charge on any atom is 0.255 e. The highest BCUT2D eigenvalue weighted by molar-refractivity contribution is 6.07. The summed E-state index contributed by atoms with van der Waals surface area (Å²) in [6.07, 6.45) is 2.04. The number of hydrogen-bond donors (Lipinski definition) is 2. The molecule has 9 heteroatoms. The van der Waals surface area contributed by atoms with E-state index in [1.54, 1.807) is 30.3 Å². The van der Waals surface area contributed by atoms with Crippen LogP contribution in [0.1, 0.15) is 44.7 Å². The molecule has 0 atom stereocenters. The van der Waals surface area contributed by atoms with E-state index in [2.05, 4.69) is 21.6 Å². The van der Waals surface area contributed by atoms with E-state index in [1.807, 2.05) is 52.3 Å². The highest BCUT2D eigenvalue weighted by Gasteiger charge is 2.24. The average molecular weight is 565 g/mol. The van der Waals surface area contributed by atoms with Crippen LogP contribution in [0.15, 0.2) is 72.8 Å². The summed E-state index contributed by atoms with van der Waals surface area (Å²) in [5.41, 5.74) is 3.77. The van der Waals surface area contributed by atoms with Crippen LogP contribution in [0.3, 0.4) is 0 Å². The largest absolute Gasteiger partial charge is 0.368 e. The number of carbonyl (C=O) groups excluding carboxylic acids is 3. The second kappa shape index (κ2) is 13.8.